The van der Waals surface area contributed by atoms with Gasteiger partial charge < -0.3 is 0 Å². The van der Waals surface area contributed by atoms with Crippen molar-refractivity contribution in [3.8, 4) is 0 Å². The van der Waals surface area contributed by atoms with Crippen molar-refractivity contribution in [2.75, 3.05) is 0 Å². The van der Waals surface area contributed by atoms with E-state index in [2.05, 4.69) is 0 Å². The first-order valence-corrected chi connectivity index (χ1v) is 3.72. The molecule has 0 aliphatic rings. The summed E-state index contributed by atoms with van der Waals surface area (Å²) in [6.45, 7) is -0.566. The second-order valence-corrected chi connectivity index (χ2v) is 3.33. The number of hydrogen-bond acceptors (Lipinski definition) is 0. The second-order valence-electron chi connectivity index (χ2n) is 3.33. The van der Waals surface area contributed by atoms with Crippen molar-refractivity contribution in [3.05, 3.63) is 0 Å². The van der Waals surface area contributed by atoms with E-state index in [1.54, 1.807) is 0 Å². The highest BCUT2D eigenvalue weighted by atomic mass is 19.3. The van der Waals surface area contributed by atoms with Gasteiger partial charge in [0, 0.05) is 6.92 Å². The van der Waals surface area contributed by atoms with Crippen LogP contribution in [0.4, 0.5) is 35.1 Å². The van der Waals surface area contributed by atoms with E-state index >= 15 is 0 Å². The van der Waals surface area contributed by atoms with Crippen LogP contribution >= 0.6 is 0 Å². The van der Waals surface area contributed by atoms with Gasteiger partial charge in [0.1, 0.15) is 0 Å². The summed E-state index contributed by atoms with van der Waals surface area (Å²) < 4.78 is 98.1. The zero-order valence-electron chi connectivity index (χ0n) is 7.68. The maximum Gasteiger partial charge on any atom is 0.343 e. The third-order valence-corrected chi connectivity index (χ3v) is 1.83. The lowest BCUT2D eigenvalue weighted by molar-refractivity contribution is -0.262. The third-order valence-electron chi connectivity index (χ3n) is 1.83. The Morgan fingerprint density at radius 3 is 1.33 bits per heavy atom. The maximum atomic E-state index is 12.7. The number of halogens is 8. The average molecular weight is 244 g/mol. The lowest BCUT2D eigenvalue weighted by Gasteiger charge is -2.32. The Hall–Kier alpha value is -0.560. The van der Waals surface area contributed by atoms with Gasteiger partial charge >= 0.3 is 11.8 Å². The minimum atomic E-state index is -5.49. The van der Waals surface area contributed by atoms with Crippen LogP contribution in [0.3, 0.4) is 0 Å². The van der Waals surface area contributed by atoms with Gasteiger partial charge in [-0.15, -0.1) is 0 Å². The Labute approximate surface area is 80.3 Å². The van der Waals surface area contributed by atoms with Crippen molar-refractivity contribution in [3.63, 3.8) is 0 Å². The fraction of sp³-hybridized carbons (Fsp3) is 1.00. The molecule has 0 aliphatic heterocycles. The summed E-state index contributed by atoms with van der Waals surface area (Å²) in [6.07, 6.45) is -8.41. The minimum absolute atomic E-state index is 0.192. The van der Waals surface area contributed by atoms with Crippen LogP contribution in [0.25, 0.3) is 0 Å². The molecule has 92 valence electrons. The van der Waals surface area contributed by atoms with E-state index in [1.807, 2.05) is 0 Å². The minimum Gasteiger partial charge on any atom is -0.237 e. The smallest absolute Gasteiger partial charge is 0.237 e. The average Bonchev–Trinajstić information content (AvgIpc) is 2.00. The molecule has 0 amide bonds. The van der Waals surface area contributed by atoms with E-state index in [1.165, 1.54) is 0 Å². The highest BCUT2D eigenvalue weighted by molar-refractivity contribution is 4.99. The van der Waals surface area contributed by atoms with Crippen LogP contribution in [0, 0.1) is 0 Å². The first kappa shape index (κ1) is 14.4. The molecule has 0 nitrogen and oxygen atoms in total. The number of rotatable bonds is 4. The van der Waals surface area contributed by atoms with Gasteiger partial charge in [0.2, 0.25) is 11.8 Å². The quantitative estimate of drug-likeness (QED) is 0.662. The maximum absolute atomic E-state index is 12.7. The second kappa shape index (κ2) is 3.79. The fourth-order valence-electron chi connectivity index (χ4n) is 0.688. The molecule has 8 heteroatoms. The molecule has 0 heterocycles. The Balaban J connectivity index is 5.09. The summed E-state index contributed by atoms with van der Waals surface area (Å²) in [6, 6.07) is 0. The molecule has 0 aromatic rings. The van der Waals surface area contributed by atoms with Crippen LogP contribution in [0.2, 0.25) is 0 Å². The predicted molar refractivity (Wildman–Crippen MR) is 36.0 cm³/mol. The summed E-state index contributed by atoms with van der Waals surface area (Å²) in [5, 5.41) is 0. The van der Waals surface area contributed by atoms with E-state index in [9.17, 15) is 35.1 Å². The highest BCUT2D eigenvalue weighted by Crippen LogP contribution is 2.44. The lowest BCUT2D eigenvalue weighted by atomic mass is 9.94. The summed E-state index contributed by atoms with van der Waals surface area (Å²) in [4.78, 5) is 0. The molecule has 0 fully saturated rings. The molecule has 0 saturated heterocycles. The Kier molecular flexibility index (Phi) is 3.64. The van der Waals surface area contributed by atoms with E-state index in [0.29, 0.717) is 0 Å². The van der Waals surface area contributed by atoms with Gasteiger partial charge in [-0.1, -0.05) is 0 Å². The molecule has 0 aromatic heterocycles. The van der Waals surface area contributed by atoms with Crippen LogP contribution in [0.15, 0.2) is 0 Å². The van der Waals surface area contributed by atoms with Crippen molar-refractivity contribution < 1.29 is 35.1 Å². The van der Waals surface area contributed by atoms with Gasteiger partial charge in [0.15, 0.2) is 0 Å². The zero-order valence-corrected chi connectivity index (χ0v) is 7.68. The summed E-state index contributed by atoms with van der Waals surface area (Å²) >= 11 is 0. The normalized spacial score (nSPS) is 20.2. The molecule has 0 rings (SSSR count). The SMILES string of the molecule is CC(F)(C(F)F)C(F)C(F)(F)C(C)(F)F. The van der Waals surface area contributed by atoms with Crippen LogP contribution in [-0.4, -0.2) is 30.1 Å². The van der Waals surface area contributed by atoms with Crippen molar-refractivity contribution in [2.24, 2.45) is 0 Å². The zero-order chi connectivity index (χ0) is 12.7. The molecule has 0 aromatic carbocycles. The van der Waals surface area contributed by atoms with Crippen LogP contribution < -0.4 is 0 Å². The van der Waals surface area contributed by atoms with Crippen LogP contribution in [0.1, 0.15) is 13.8 Å². The van der Waals surface area contributed by atoms with E-state index in [4.69, 9.17) is 0 Å². The molecule has 15 heavy (non-hydrogen) atoms. The van der Waals surface area contributed by atoms with Crippen LogP contribution in [-0.2, 0) is 0 Å². The Bertz CT molecular complexity index is 216. The number of hydrogen-bond donors (Lipinski definition) is 0. The third kappa shape index (κ3) is 2.52. The van der Waals surface area contributed by atoms with E-state index in [0.717, 1.165) is 0 Å². The predicted octanol–water partition coefficient (Wildman–Crippen LogP) is 3.61. The molecule has 0 spiro atoms. The Morgan fingerprint density at radius 1 is 0.800 bits per heavy atom. The lowest BCUT2D eigenvalue weighted by Crippen LogP contribution is -2.56. The first-order chi connectivity index (χ1) is 6.35. The molecular weight excluding hydrogens is 236 g/mol. The molecule has 0 bridgehead atoms. The fourth-order valence-corrected chi connectivity index (χ4v) is 0.688. The molecular formula is C7H8F8. The molecule has 2 unspecified atom stereocenters. The van der Waals surface area contributed by atoms with Gasteiger partial charge in [0.25, 0.3) is 6.43 Å². The first-order valence-electron chi connectivity index (χ1n) is 3.72. The topological polar surface area (TPSA) is 0 Å². The summed E-state index contributed by atoms with van der Waals surface area (Å²) in [5.74, 6) is -10.4. The highest BCUT2D eigenvalue weighted by Gasteiger charge is 2.66. The molecule has 2 atom stereocenters. The molecule has 0 N–H and O–H groups in total. The molecule has 0 aliphatic carbocycles. The molecule has 0 saturated carbocycles. The van der Waals surface area contributed by atoms with Crippen molar-refractivity contribution in [1.29, 1.82) is 0 Å². The summed E-state index contributed by atoms with van der Waals surface area (Å²) in [7, 11) is 0. The standard InChI is InChI=1S/C7H8F8/c1-5(11,4(9)10)3(8)7(14,15)6(2,12)13/h3-4H,1-2H3. The van der Waals surface area contributed by atoms with E-state index in [-0.39, 0.29) is 13.8 Å². The number of alkyl halides is 8. The summed E-state index contributed by atoms with van der Waals surface area (Å²) in [5.41, 5.74) is -4.33. The van der Waals surface area contributed by atoms with Crippen molar-refractivity contribution in [1.82, 2.24) is 0 Å². The van der Waals surface area contributed by atoms with E-state index < -0.39 is 30.1 Å². The van der Waals surface area contributed by atoms with Gasteiger partial charge in [-0.2, -0.15) is 8.78 Å². The van der Waals surface area contributed by atoms with Gasteiger partial charge in [-0.3, -0.25) is 0 Å². The van der Waals surface area contributed by atoms with Crippen LogP contribution in [0.5, 0.6) is 0 Å². The van der Waals surface area contributed by atoms with Gasteiger partial charge in [-0.25, -0.2) is 26.3 Å². The van der Waals surface area contributed by atoms with Gasteiger partial charge in [-0.05, 0) is 6.92 Å². The van der Waals surface area contributed by atoms with Crippen molar-refractivity contribution >= 4 is 0 Å². The largest absolute Gasteiger partial charge is 0.343 e. The molecule has 0 radical (unpaired) electrons. The Morgan fingerprint density at radius 2 is 1.13 bits per heavy atom. The van der Waals surface area contributed by atoms with Gasteiger partial charge in [0.05, 0.1) is 0 Å². The monoisotopic (exact) mass is 244 g/mol. The van der Waals surface area contributed by atoms with Crippen molar-refractivity contribution in [2.45, 2.75) is 44.0 Å².